The number of nitrogens with one attached hydrogen (secondary N) is 1. The molecule has 3 aromatic carbocycles. The molecule has 4 amide bonds. The number of anilines is 1. The second-order valence-corrected chi connectivity index (χ2v) is 15.4. The normalized spacial score (nSPS) is 26.6. The summed E-state index contributed by atoms with van der Waals surface area (Å²) in [5.41, 5.74) is 3.13. The molecule has 0 radical (unpaired) electrons. The van der Waals surface area contributed by atoms with Crippen LogP contribution >= 0.6 is 43.5 Å². The molecule has 6 atom stereocenters. The predicted molar refractivity (Wildman–Crippen MR) is 193 cm³/mol. The molecule has 1 saturated carbocycles. The first-order valence-corrected chi connectivity index (χ1v) is 18.5. The molecule has 2 aliphatic heterocycles. The number of carboxylic acid groups (broad SMARTS) is 1. The number of benzene rings is 3. The number of hydrogen-bond donors (Lipinski definition) is 3. The Bertz CT molecular complexity index is 2060. The van der Waals surface area contributed by atoms with Crippen molar-refractivity contribution < 1.29 is 43.3 Å². The Morgan fingerprint density at radius 3 is 2.37 bits per heavy atom. The standard InChI is InChI=1S/C37H31Br2ClFN3O8/c1-52-26-16-24(30(38)31(39)32(26)47)29-21-12-13-22-28(35(50)43(33(22)48)14-2-3-27(45)46)23(21)15-25-34(49)44(42-20-10-8-19(41)9-11-20)36(51)37(25,29)17-4-6-18(40)7-5-17/h4-12,16,22-23,25,28-29,42,47H,2-3,13-15H2,1H3,(H,45,46). The van der Waals surface area contributed by atoms with Gasteiger partial charge in [0.25, 0.3) is 11.8 Å². The van der Waals surface area contributed by atoms with Crippen LogP contribution in [-0.4, -0.2) is 63.4 Å². The Balaban J connectivity index is 1.45. The Morgan fingerprint density at radius 2 is 1.71 bits per heavy atom. The number of fused-ring (bicyclic) bond motifs is 4. The molecule has 6 unspecified atom stereocenters. The van der Waals surface area contributed by atoms with E-state index >= 15 is 4.79 Å². The lowest BCUT2D eigenvalue weighted by Gasteiger charge is -2.51. The zero-order chi connectivity index (χ0) is 37.2. The molecule has 3 fully saturated rings. The third-order valence-corrected chi connectivity index (χ3v) is 13.2. The number of phenols is 1. The number of aliphatic carboxylic acids is 1. The number of allylic oxidation sites excluding steroid dienone is 2. The van der Waals surface area contributed by atoms with Crippen LogP contribution in [0.25, 0.3) is 0 Å². The summed E-state index contributed by atoms with van der Waals surface area (Å²) in [4.78, 5) is 70.3. The fourth-order valence-corrected chi connectivity index (χ4v) is 9.73. The minimum atomic E-state index is -1.65. The van der Waals surface area contributed by atoms with Crippen LogP contribution in [0.5, 0.6) is 11.5 Å². The third-order valence-electron chi connectivity index (χ3n) is 10.8. The zero-order valence-corrected chi connectivity index (χ0v) is 31.4. The first kappa shape index (κ1) is 36.1. The van der Waals surface area contributed by atoms with E-state index in [1.165, 1.54) is 31.4 Å². The van der Waals surface area contributed by atoms with Crippen molar-refractivity contribution in [3.63, 3.8) is 0 Å². The van der Waals surface area contributed by atoms with Crippen molar-refractivity contribution in [2.24, 2.45) is 23.7 Å². The minimum Gasteiger partial charge on any atom is -0.503 e. The van der Waals surface area contributed by atoms with Gasteiger partial charge in [-0.25, -0.2) is 4.39 Å². The topological polar surface area (TPSA) is 154 Å². The van der Waals surface area contributed by atoms with Crippen molar-refractivity contribution >= 4 is 78.7 Å². The van der Waals surface area contributed by atoms with Crippen LogP contribution in [0.15, 0.2) is 75.2 Å². The molecule has 2 saturated heterocycles. The number of carboxylic acids is 1. The van der Waals surface area contributed by atoms with Crippen LogP contribution in [0.1, 0.15) is 42.7 Å². The molecule has 270 valence electrons. The Kier molecular flexibility index (Phi) is 9.45. The molecule has 4 aliphatic rings. The monoisotopic (exact) mass is 857 g/mol. The maximum atomic E-state index is 15.3. The molecule has 15 heteroatoms. The van der Waals surface area contributed by atoms with Gasteiger partial charge in [-0.3, -0.25) is 34.3 Å². The molecule has 3 aromatic rings. The molecule has 0 bridgehead atoms. The summed E-state index contributed by atoms with van der Waals surface area (Å²) in [5, 5.41) is 21.5. The van der Waals surface area contributed by atoms with Gasteiger partial charge in [0.15, 0.2) is 11.5 Å². The van der Waals surface area contributed by atoms with Crippen LogP contribution in [-0.2, 0) is 29.4 Å². The average Bonchev–Trinajstić information content (AvgIpc) is 3.49. The molecular weight excluding hydrogens is 829 g/mol. The largest absolute Gasteiger partial charge is 0.503 e. The van der Waals surface area contributed by atoms with Gasteiger partial charge in [0.2, 0.25) is 11.8 Å². The average molecular weight is 860 g/mol. The zero-order valence-electron chi connectivity index (χ0n) is 27.4. The number of imide groups is 2. The summed E-state index contributed by atoms with van der Waals surface area (Å²) >= 11 is 13.4. The predicted octanol–water partition coefficient (Wildman–Crippen LogP) is 6.57. The maximum Gasteiger partial charge on any atom is 0.303 e. The van der Waals surface area contributed by atoms with Gasteiger partial charge in [-0.1, -0.05) is 35.4 Å². The summed E-state index contributed by atoms with van der Waals surface area (Å²) in [6.45, 7) is -0.0545. The summed E-state index contributed by atoms with van der Waals surface area (Å²) in [6, 6.07) is 13.4. The lowest BCUT2D eigenvalue weighted by atomic mass is 9.49. The Hall–Kier alpha value is -4.27. The van der Waals surface area contributed by atoms with Crippen LogP contribution < -0.4 is 10.2 Å². The van der Waals surface area contributed by atoms with Crippen molar-refractivity contribution in [1.82, 2.24) is 9.91 Å². The van der Waals surface area contributed by atoms with E-state index in [-0.39, 0.29) is 53.9 Å². The molecule has 0 spiro atoms. The van der Waals surface area contributed by atoms with Crippen LogP contribution in [0.3, 0.4) is 0 Å². The molecule has 0 aromatic heterocycles. The fourth-order valence-electron chi connectivity index (χ4n) is 8.65. The fraction of sp³-hybridized carbons (Fsp3) is 0.324. The molecular formula is C37H31Br2ClFN3O8. The van der Waals surface area contributed by atoms with Gasteiger partial charge in [-0.05, 0) is 111 Å². The summed E-state index contributed by atoms with van der Waals surface area (Å²) < 4.78 is 20.0. The summed E-state index contributed by atoms with van der Waals surface area (Å²) in [6.07, 6.45) is 1.94. The number of likely N-dealkylation sites (tertiary alicyclic amines) is 1. The number of halogens is 4. The number of aromatic hydroxyl groups is 1. The summed E-state index contributed by atoms with van der Waals surface area (Å²) in [7, 11) is 1.38. The maximum absolute atomic E-state index is 15.3. The highest BCUT2D eigenvalue weighted by molar-refractivity contribution is 9.13. The van der Waals surface area contributed by atoms with Gasteiger partial charge in [0, 0.05) is 28.4 Å². The minimum absolute atomic E-state index is 0.0221. The van der Waals surface area contributed by atoms with E-state index in [0.29, 0.717) is 26.2 Å². The van der Waals surface area contributed by atoms with Gasteiger partial charge in [-0.2, -0.15) is 5.01 Å². The van der Waals surface area contributed by atoms with Crippen LogP contribution in [0.2, 0.25) is 5.02 Å². The van der Waals surface area contributed by atoms with Crippen molar-refractivity contribution in [2.45, 2.75) is 37.0 Å². The van der Waals surface area contributed by atoms with Crippen molar-refractivity contribution in [3.05, 3.63) is 97.2 Å². The smallest absolute Gasteiger partial charge is 0.303 e. The van der Waals surface area contributed by atoms with E-state index in [0.717, 1.165) is 9.91 Å². The Labute approximate surface area is 319 Å². The molecule has 2 heterocycles. The van der Waals surface area contributed by atoms with Gasteiger partial charge >= 0.3 is 5.97 Å². The number of carbonyl (C=O) groups excluding carboxylic acids is 4. The quantitative estimate of drug-likeness (QED) is 0.160. The lowest BCUT2D eigenvalue weighted by molar-refractivity contribution is -0.142. The number of methoxy groups -OCH3 is 1. The van der Waals surface area contributed by atoms with Gasteiger partial charge in [0.1, 0.15) is 5.82 Å². The van der Waals surface area contributed by atoms with E-state index in [2.05, 4.69) is 37.3 Å². The molecule has 2 aliphatic carbocycles. The number of amides is 4. The van der Waals surface area contributed by atoms with Crippen molar-refractivity contribution in [3.8, 4) is 11.5 Å². The number of carbonyl (C=O) groups is 5. The third kappa shape index (κ3) is 5.52. The van der Waals surface area contributed by atoms with E-state index in [1.807, 2.05) is 6.08 Å². The SMILES string of the molecule is COc1cc(C2C3=CCC4C(=O)N(CCCC(=O)O)C(=O)C4C3CC3C(=O)N(Nc4ccc(F)cc4)C(=O)C32c2ccc(Cl)cc2)c(Br)c(Br)c1O. The van der Waals surface area contributed by atoms with E-state index in [4.69, 9.17) is 16.3 Å². The van der Waals surface area contributed by atoms with Gasteiger partial charge in [-0.15, -0.1) is 0 Å². The van der Waals surface area contributed by atoms with E-state index in [9.17, 15) is 33.8 Å². The highest BCUT2D eigenvalue weighted by Gasteiger charge is 2.70. The number of phenolic OH excluding ortho intramolecular Hbond substituents is 1. The van der Waals surface area contributed by atoms with E-state index < -0.39 is 70.4 Å². The molecule has 52 heavy (non-hydrogen) atoms. The van der Waals surface area contributed by atoms with Gasteiger partial charge in [0.05, 0.1) is 40.4 Å². The van der Waals surface area contributed by atoms with E-state index in [1.54, 1.807) is 30.3 Å². The number of hydrogen-bond acceptors (Lipinski definition) is 8. The number of ether oxygens (including phenoxy) is 1. The number of hydrazine groups is 1. The molecule has 11 nitrogen and oxygen atoms in total. The van der Waals surface area contributed by atoms with Crippen molar-refractivity contribution in [1.29, 1.82) is 0 Å². The highest BCUT2D eigenvalue weighted by atomic mass is 79.9. The van der Waals surface area contributed by atoms with Gasteiger partial charge < -0.3 is 14.9 Å². The Morgan fingerprint density at radius 1 is 1.02 bits per heavy atom. The van der Waals surface area contributed by atoms with Crippen molar-refractivity contribution in [2.75, 3.05) is 19.1 Å². The number of rotatable bonds is 9. The first-order chi connectivity index (χ1) is 24.8. The summed E-state index contributed by atoms with van der Waals surface area (Å²) in [5.74, 6) is -8.06. The van der Waals surface area contributed by atoms with Crippen LogP contribution in [0.4, 0.5) is 10.1 Å². The second-order valence-electron chi connectivity index (χ2n) is 13.3. The number of nitrogens with zero attached hydrogens (tertiary/aromatic N) is 2. The first-order valence-electron chi connectivity index (χ1n) is 16.5. The molecule has 7 rings (SSSR count). The molecule has 3 N–H and O–H groups in total. The highest BCUT2D eigenvalue weighted by Crippen LogP contribution is 2.65. The van der Waals surface area contributed by atoms with Crippen LogP contribution in [0, 0.1) is 29.5 Å². The lowest BCUT2D eigenvalue weighted by Crippen LogP contribution is -2.53. The second kappa shape index (κ2) is 13.6.